The van der Waals surface area contributed by atoms with Gasteiger partial charge in [0.25, 0.3) is 5.91 Å². The molecule has 3 rings (SSSR count). The molecule has 0 spiro atoms. The molecule has 31 heavy (non-hydrogen) atoms. The number of carbonyl (C=O) groups excluding carboxylic acids is 1. The zero-order chi connectivity index (χ0) is 22.4. The van der Waals surface area contributed by atoms with E-state index in [1.165, 1.54) is 4.31 Å². The van der Waals surface area contributed by atoms with Crippen LogP contribution in [0.5, 0.6) is 11.5 Å². The molecule has 1 saturated heterocycles. The van der Waals surface area contributed by atoms with Crippen molar-refractivity contribution < 1.29 is 22.7 Å². The molecule has 8 heteroatoms. The van der Waals surface area contributed by atoms with E-state index in [1.54, 1.807) is 31.2 Å². The van der Waals surface area contributed by atoms with Gasteiger partial charge in [-0.05, 0) is 75.1 Å². The fraction of sp³-hybridized carbons (Fsp3) is 0.435. The molecular weight excluding hydrogens is 416 g/mol. The third-order valence-electron chi connectivity index (χ3n) is 5.42. The van der Waals surface area contributed by atoms with E-state index >= 15 is 0 Å². The third kappa shape index (κ3) is 5.77. The topological polar surface area (TPSA) is 84.9 Å². The summed E-state index contributed by atoms with van der Waals surface area (Å²) in [7, 11) is -3.43. The van der Waals surface area contributed by atoms with E-state index in [4.69, 9.17) is 9.47 Å². The fourth-order valence-electron chi connectivity index (χ4n) is 3.37. The Bertz CT molecular complexity index is 999. The van der Waals surface area contributed by atoms with Crippen molar-refractivity contribution >= 4 is 15.9 Å². The highest BCUT2D eigenvalue weighted by atomic mass is 32.2. The Morgan fingerprint density at radius 1 is 1.10 bits per heavy atom. The zero-order valence-electron chi connectivity index (χ0n) is 18.3. The van der Waals surface area contributed by atoms with Crippen molar-refractivity contribution in [2.75, 3.05) is 26.2 Å². The van der Waals surface area contributed by atoms with Crippen LogP contribution in [-0.4, -0.2) is 51.0 Å². The maximum atomic E-state index is 12.5. The lowest BCUT2D eigenvalue weighted by atomic mass is 10.1. The number of aryl methyl sites for hydroxylation is 1. The predicted molar refractivity (Wildman–Crippen MR) is 119 cm³/mol. The smallest absolute Gasteiger partial charge is 0.260 e. The lowest BCUT2D eigenvalue weighted by Crippen LogP contribution is -2.38. The number of hydrogen-bond donors (Lipinski definition) is 1. The maximum Gasteiger partial charge on any atom is 0.260 e. The van der Waals surface area contributed by atoms with Gasteiger partial charge >= 0.3 is 0 Å². The molecule has 1 aliphatic heterocycles. The molecule has 1 fully saturated rings. The summed E-state index contributed by atoms with van der Waals surface area (Å²) in [5.41, 5.74) is 2.12. The lowest BCUT2D eigenvalue weighted by Gasteiger charge is -2.17. The van der Waals surface area contributed by atoms with Crippen LogP contribution in [0.4, 0.5) is 0 Å². The summed E-state index contributed by atoms with van der Waals surface area (Å²) in [6.07, 6.45) is 1.18. The Kier molecular flexibility index (Phi) is 7.56. The van der Waals surface area contributed by atoms with Crippen molar-refractivity contribution in [3.8, 4) is 11.5 Å². The van der Waals surface area contributed by atoms with Crippen LogP contribution in [0, 0.1) is 13.8 Å². The minimum Gasteiger partial charge on any atom is -0.492 e. The van der Waals surface area contributed by atoms with Gasteiger partial charge < -0.3 is 14.8 Å². The largest absolute Gasteiger partial charge is 0.492 e. The molecule has 2 aromatic carbocycles. The summed E-state index contributed by atoms with van der Waals surface area (Å²) in [4.78, 5) is 12.5. The van der Waals surface area contributed by atoms with Crippen molar-refractivity contribution in [1.82, 2.24) is 9.62 Å². The van der Waals surface area contributed by atoms with E-state index in [2.05, 4.69) is 5.32 Å². The van der Waals surface area contributed by atoms with E-state index < -0.39 is 16.1 Å². The molecule has 168 valence electrons. The van der Waals surface area contributed by atoms with Gasteiger partial charge in [-0.3, -0.25) is 4.79 Å². The van der Waals surface area contributed by atoms with Crippen LogP contribution in [-0.2, 0) is 14.8 Å². The van der Waals surface area contributed by atoms with Gasteiger partial charge in [0.05, 0.1) is 11.4 Å². The van der Waals surface area contributed by atoms with Gasteiger partial charge in [-0.1, -0.05) is 12.1 Å². The summed E-state index contributed by atoms with van der Waals surface area (Å²) >= 11 is 0. The second-order valence-electron chi connectivity index (χ2n) is 7.68. The second kappa shape index (κ2) is 10.2. The number of nitrogens with zero attached hydrogens (tertiary/aromatic N) is 1. The molecule has 2 aromatic rings. The monoisotopic (exact) mass is 446 g/mol. The maximum absolute atomic E-state index is 12.5. The summed E-state index contributed by atoms with van der Waals surface area (Å²) < 4.78 is 38.0. The highest BCUT2D eigenvalue weighted by Crippen LogP contribution is 2.23. The van der Waals surface area contributed by atoms with Crippen LogP contribution in [0.15, 0.2) is 47.4 Å². The highest BCUT2D eigenvalue weighted by molar-refractivity contribution is 7.89. The van der Waals surface area contributed by atoms with E-state index in [9.17, 15) is 13.2 Å². The van der Waals surface area contributed by atoms with Crippen LogP contribution < -0.4 is 14.8 Å². The molecule has 0 saturated carbocycles. The highest BCUT2D eigenvalue weighted by Gasteiger charge is 2.26. The molecule has 1 N–H and O–H groups in total. The summed E-state index contributed by atoms with van der Waals surface area (Å²) in [6.45, 7) is 7.39. The molecule has 1 amide bonds. The number of carbonyl (C=O) groups is 1. The van der Waals surface area contributed by atoms with Crippen molar-refractivity contribution in [3.63, 3.8) is 0 Å². The third-order valence-corrected chi connectivity index (χ3v) is 7.34. The van der Waals surface area contributed by atoms with Crippen molar-refractivity contribution in [2.45, 2.75) is 44.6 Å². The van der Waals surface area contributed by atoms with Gasteiger partial charge in [-0.2, -0.15) is 4.31 Å². The summed E-state index contributed by atoms with van der Waals surface area (Å²) in [6, 6.07) is 12.1. The lowest BCUT2D eigenvalue weighted by molar-refractivity contribution is -0.127. The number of amides is 1. The Labute approximate surface area is 184 Å². The first-order valence-electron chi connectivity index (χ1n) is 10.5. The van der Waals surface area contributed by atoms with E-state index in [-0.39, 0.29) is 17.4 Å². The Morgan fingerprint density at radius 3 is 2.45 bits per heavy atom. The van der Waals surface area contributed by atoms with Gasteiger partial charge in [0.1, 0.15) is 18.1 Å². The van der Waals surface area contributed by atoms with Crippen LogP contribution in [0.2, 0.25) is 0 Å². The molecule has 0 unspecified atom stereocenters. The Balaban J connectivity index is 1.44. The SMILES string of the molecule is Cc1cccc(O[C@@H](C)C(=O)NCCOc2ccc(S(=O)(=O)N3CCCC3)cc2)c1C. The zero-order valence-corrected chi connectivity index (χ0v) is 19.1. The standard InChI is InChI=1S/C23H30N2O5S/c1-17-7-6-8-22(18(17)2)30-19(3)23(26)24-13-16-29-20-9-11-21(12-10-20)31(27,28)25-14-4-5-15-25/h6-12,19H,4-5,13-16H2,1-3H3,(H,24,26)/t19-/m0/s1. The van der Waals surface area contributed by atoms with Gasteiger partial charge in [-0.25, -0.2) is 8.42 Å². The number of nitrogens with one attached hydrogen (secondary N) is 1. The molecule has 0 radical (unpaired) electrons. The van der Waals surface area contributed by atoms with Crippen LogP contribution in [0.1, 0.15) is 30.9 Å². The van der Waals surface area contributed by atoms with Crippen LogP contribution >= 0.6 is 0 Å². The minimum absolute atomic E-state index is 0.225. The van der Waals surface area contributed by atoms with Crippen molar-refractivity contribution in [2.24, 2.45) is 0 Å². The first-order valence-corrected chi connectivity index (χ1v) is 12.0. The van der Waals surface area contributed by atoms with Gasteiger partial charge in [0, 0.05) is 13.1 Å². The predicted octanol–water partition coefficient (Wildman–Crippen LogP) is 3.05. The number of rotatable bonds is 9. The molecule has 0 bridgehead atoms. The minimum atomic E-state index is -3.43. The van der Waals surface area contributed by atoms with Gasteiger partial charge in [-0.15, -0.1) is 0 Å². The van der Waals surface area contributed by atoms with Crippen molar-refractivity contribution in [3.05, 3.63) is 53.6 Å². The normalized spacial score (nSPS) is 15.5. The average Bonchev–Trinajstić information content (AvgIpc) is 3.30. The fourth-order valence-corrected chi connectivity index (χ4v) is 4.89. The Hall–Kier alpha value is -2.58. The first-order chi connectivity index (χ1) is 14.8. The number of ether oxygens (including phenoxy) is 2. The molecule has 0 aromatic heterocycles. The quantitative estimate of drug-likeness (QED) is 0.599. The van der Waals surface area contributed by atoms with Gasteiger partial charge in [0.15, 0.2) is 6.10 Å². The van der Waals surface area contributed by atoms with E-state index in [0.717, 1.165) is 24.0 Å². The average molecular weight is 447 g/mol. The van der Waals surface area contributed by atoms with Crippen LogP contribution in [0.25, 0.3) is 0 Å². The molecular formula is C23H30N2O5S. The summed E-state index contributed by atoms with van der Waals surface area (Å²) in [5.74, 6) is 1.02. The Morgan fingerprint density at radius 2 is 1.77 bits per heavy atom. The molecule has 1 atom stereocenters. The molecule has 7 nitrogen and oxygen atoms in total. The first kappa shape index (κ1) is 23.1. The van der Waals surface area contributed by atoms with Crippen LogP contribution in [0.3, 0.4) is 0 Å². The molecule has 0 aliphatic carbocycles. The number of benzene rings is 2. The summed E-state index contributed by atoms with van der Waals surface area (Å²) in [5, 5.41) is 2.79. The number of sulfonamides is 1. The molecule has 1 heterocycles. The number of hydrogen-bond acceptors (Lipinski definition) is 5. The van der Waals surface area contributed by atoms with E-state index in [0.29, 0.717) is 31.1 Å². The second-order valence-corrected chi connectivity index (χ2v) is 9.62. The van der Waals surface area contributed by atoms with Crippen molar-refractivity contribution in [1.29, 1.82) is 0 Å². The molecule has 1 aliphatic rings. The van der Waals surface area contributed by atoms with Gasteiger partial charge in [0.2, 0.25) is 10.0 Å². The van der Waals surface area contributed by atoms with E-state index in [1.807, 2.05) is 32.0 Å².